The van der Waals surface area contributed by atoms with Crippen LogP contribution in [0.15, 0.2) is 39.9 Å². The molecule has 0 atom stereocenters. The lowest BCUT2D eigenvalue weighted by Crippen LogP contribution is -2.44. The number of halogens is 1. The number of carbonyl (C=O) groups excluding carboxylic acids is 1. The highest BCUT2D eigenvalue weighted by Crippen LogP contribution is 2.23. The summed E-state index contributed by atoms with van der Waals surface area (Å²) < 4.78 is 4.33. The topological polar surface area (TPSA) is 89.8 Å². The van der Waals surface area contributed by atoms with Crippen molar-refractivity contribution in [3.63, 3.8) is 0 Å². The zero-order chi connectivity index (χ0) is 23.0. The molecular weight excluding hydrogens is 428 g/mol. The fourth-order valence-corrected chi connectivity index (χ4v) is 4.61. The minimum atomic E-state index is -0.689. The average molecular weight is 451 g/mol. The second kappa shape index (κ2) is 8.64. The van der Waals surface area contributed by atoms with Crippen LogP contribution in [-0.4, -0.2) is 19.5 Å². The van der Waals surface area contributed by atoms with Crippen molar-refractivity contribution in [2.45, 2.75) is 52.6 Å². The Morgan fingerprint density at radius 1 is 1.12 bits per heavy atom. The normalized spacial score (nSPS) is 13.3. The molecule has 1 aliphatic rings. The van der Waals surface area contributed by atoms with E-state index in [9.17, 15) is 19.6 Å². The van der Waals surface area contributed by atoms with Crippen molar-refractivity contribution in [1.82, 2.24) is 13.7 Å². The van der Waals surface area contributed by atoms with Crippen LogP contribution in [0.2, 0.25) is 5.02 Å². The van der Waals surface area contributed by atoms with Crippen molar-refractivity contribution in [2.24, 2.45) is 0 Å². The van der Waals surface area contributed by atoms with Gasteiger partial charge in [0.15, 0.2) is 5.78 Å². The largest absolute Gasteiger partial charge is 0.331 e. The number of benzene rings is 1. The molecule has 1 aliphatic heterocycles. The lowest BCUT2D eigenvalue weighted by atomic mass is 10.1. The number of rotatable bonds is 4. The molecule has 0 unspecified atom stereocenters. The predicted octanol–water partition coefficient (Wildman–Crippen LogP) is 3.55. The maximum absolute atomic E-state index is 13.2. The van der Waals surface area contributed by atoms with Gasteiger partial charge in [0.25, 0.3) is 5.56 Å². The van der Waals surface area contributed by atoms with Gasteiger partial charge < -0.3 is 4.57 Å². The standard InChI is InChI=1S/C24H23ClN4O3/c1-15-12-19(16(2)29(15)18-9-7-17(25)8-10-18)22(30)14-28-23(31)20(13-26)21-6-4-3-5-11-27(21)24(28)32/h7-10,12H,3-6,11,14H2,1-2H3. The van der Waals surface area contributed by atoms with E-state index in [1.807, 2.05) is 36.6 Å². The summed E-state index contributed by atoms with van der Waals surface area (Å²) in [6, 6.07) is 11.0. The Hall–Kier alpha value is -3.37. The van der Waals surface area contributed by atoms with Crippen LogP contribution in [0, 0.1) is 25.2 Å². The highest BCUT2D eigenvalue weighted by molar-refractivity contribution is 6.30. The lowest BCUT2D eigenvalue weighted by molar-refractivity contribution is 0.0967. The van der Waals surface area contributed by atoms with E-state index in [-0.39, 0.29) is 11.3 Å². The van der Waals surface area contributed by atoms with Gasteiger partial charge in [0.2, 0.25) is 0 Å². The fraction of sp³-hybridized carbons (Fsp3) is 0.333. The number of fused-ring (bicyclic) bond motifs is 1. The molecule has 0 aliphatic carbocycles. The van der Waals surface area contributed by atoms with Gasteiger partial charge in [-0.15, -0.1) is 0 Å². The molecule has 8 heteroatoms. The van der Waals surface area contributed by atoms with E-state index in [1.165, 1.54) is 4.57 Å². The van der Waals surface area contributed by atoms with Gasteiger partial charge in [-0.25, -0.2) is 4.79 Å². The highest BCUT2D eigenvalue weighted by Gasteiger charge is 2.23. The Morgan fingerprint density at radius 3 is 2.53 bits per heavy atom. The summed E-state index contributed by atoms with van der Waals surface area (Å²) in [5.41, 5.74) is 2.08. The van der Waals surface area contributed by atoms with Gasteiger partial charge in [-0.05, 0) is 63.4 Å². The second-order valence-electron chi connectivity index (χ2n) is 8.09. The SMILES string of the molecule is Cc1cc(C(=O)Cn2c(=O)c(C#N)c3n(c2=O)CCCCC3)c(C)n1-c1ccc(Cl)cc1. The summed E-state index contributed by atoms with van der Waals surface area (Å²) in [5, 5.41) is 10.2. The van der Waals surface area contributed by atoms with Gasteiger partial charge in [-0.3, -0.25) is 18.7 Å². The summed E-state index contributed by atoms with van der Waals surface area (Å²) in [7, 11) is 0. The molecule has 3 heterocycles. The quantitative estimate of drug-likeness (QED) is 0.568. The number of hydrogen-bond acceptors (Lipinski definition) is 4. The van der Waals surface area contributed by atoms with Gasteiger partial charge in [-0.1, -0.05) is 18.0 Å². The molecule has 4 rings (SSSR count). The third-order valence-electron chi connectivity index (χ3n) is 6.06. The van der Waals surface area contributed by atoms with E-state index in [4.69, 9.17) is 11.6 Å². The fourth-order valence-electron chi connectivity index (χ4n) is 4.48. The molecule has 32 heavy (non-hydrogen) atoms. The number of ketones is 1. The first-order valence-electron chi connectivity index (χ1n) is 10.6. The van der Waals surface area contributed by atoms with E-state index < -0.39 is 17.8 Å². The van der Waals surface area contributed by atoms with Crippen molar-refractivity contribution >= 4 is 17.4 Å². The lowest BCUT2D eigenvalue weighted by Gasteiger charge is -2.14. The summed E-state index contributed by atoms with van der Waals surface area (Å²) in [6.45, 7) is 3.75. The summed E-state index contributed by atoms with van der Waals surface area (Å²) in [5.74, 6) is -0.351. The van der Waals surface area contributed by atoms with Crippen molar-refractivity contribution in [3.8, 4) is 11.8 Å². The molecular formula is C24H23ClN4O3. The second-order valence-corrected chi connectivity index (χ2v) is 8.53. The van der Waals surface area contributed by atoms with Crippen molar-refractivity contribution < 1.29 is 4.79 Å². The first-order valence-corrected chi connectivity index (χ1v) is 11.0. The highest BCUT2D eigenvalue weighted by atomic mass is 35.5. The smallest absolute Gasteiger partial charge is 0.318 e. The molecule has 0 fully saturated rings. The van der Waals surface area contributed by atoms with Crippen molar-refractivity contribution in [2.75, 3.05) is 0 Å². The predicted molar refractivity (Wildman–Crippen MR) is 122 cm³/mol. The van der Waals surface area contributed by atoms with E-state index in [1.54, 1.807) is 18.2 Å². The molecule has 0 amide bonds. The number of aromatic nitrogens is 3. The first kappa shape index (κ1) is 21.8. The Balaban J connectivity index is 1.76. The third kappa shape index (κ3) is 3.71. The van der Waals surface area contributed by atoms with Crippen LogP contribution in [-0.2, 0) is 19.5 Å². The van der Waals surface area contributed by atoms with Crippen LogP contribution in [0.25, 0.3) is 5.69 Å². The number of nitrogens with zero attached hydrogens (tertiary/aromatic N) is 4. The Labute approximate surface area is 190 Å². The zero-order valence-electron chi connectivity index (χ0n) is 18.0. The van der Waals surface area contributed by atoms with Crippen molar-refractivity contribution in [1.29, 1.82) is 5.26 Å². The zero-order valence-corrected chi connectivity index (χ0v) is 18.8. The molecule has 164 valence electrons. The summed E-state index contributed by atoms with van der Waals surface area (Å²) in [6.07, 6.45) is 3.07. The average Bonchev–Trinajstić information content (AvgIpc) is 2.93. The van der Waals surface area contributed by atoms with Crippen LogP contribution in [0.3, 0.4) is 0 Å². The molecule has 0 spiro atoms. The molecule has 3 aromatic rings. The van der Waals surface area contributed by atoms with E-state index in [2.05, 4.69) is 0 Å². The van der Waals surface area contributed by atoms with Crippen LogP contribution in [0.4, 0.5) is 0 Å². The van der Waals surface area contributed by atoms with Crippen LogP contribution < -0.4 is 11.2 Å². The molecule has 0 radical (unpaired) electrons. The van der Waals surface area contributed by atoms with E-state index in [0.29, 0.717) is 34.9 Å². The molecule has 7 nitrogen and oxygen atoms in total. The first-order chi connectivity index (χ1) is 15.3. The van der Waals surface area contributed by atoms with Gasteiger partial charge in [0.1, 0.15) is 11.6 Å². The maximum atomic E-state index is 13.2. The van der Waals surface area contributed by atoms with Gasteiger partial charge >= 0.3 is 5.69 Å². The van der Waals surface area contributed by atoms with Crippen LogP contribution in [0.1, 0.15) is 52.3 Å². The minimum absolute atomic E-state index is 0.0362. The Morgan fingerprint density at radius 2 is 1.84 bits per heavy atom. The molecule has 2 aromatic heterocycles. The van der Waals surface area contributed by atoms with E-state index >= 15 is 0 Å². The maximum Gasteiger partial charge on any atom is 0.331 e. The summed E-state index contributed by atoms with van der Waals surface area (Å²) >= 11 is 5.99. The third-order valence-corrected chi connectivity index (χ3v) is 6.31. The molecule has 0 saturated heterocycles. The van der Waals surface area contributed by atoms with E-state index in [0.717, 1.165) is 35.2 Å². The number of nitriles is 1. The van der Waals surface area contributed by atoms with Gasteiger partial charge in [-0.2, -0.15) is 5.26 Å². The monoisotopic (exact) mass is 450 g/mol. The number of hydrogen-bond donors (Lipinski definition) is 0. The van der Waals surface area contributed by atoms with Crippen LogP contribution in [0.5, 0.6) is 0 Å². The number of Topliss-reactive ketones (excluding diaryl/α,β-unsaturated/α-hetero) is 1. The number of aryl methyl sites for hydroxylation is 1. The Kier molecular flexibility index (Phi) is 5.90. The van der Waals surface area contributed by atoms with Gasteiger partial charge in [0.05, 0.1) is 6.54 Å². The molecule has 1 aromatic carbocycles. The summed E-state index contributed by atoms with van der Waals surface area (Å²) in [4.78, 5) is 39.2. The van der Waals surface area contributed by atoms with Crippen LogP contribution >= 0.6 is 11.6 Å². The number of carbonyl (C=O) groups is 1. The Bertz CT molecular complexity index is 1370. The minimum Gasteiger partial charge on any atom is -0.318 e. The van der Waals surface area contributed by atoms with Gasteiger partial charge in [0, 0.05) is 39.9 Å². The van der Waals surface area contributed by atoms with Crippen molar-refractivity contribution in [3.05, 3.63) is 84.4 Å². The molecule has 0 saturated carbocycles. The molecule has 0 N–H and O–H groups in total. The molecule has 0 bridgehead atoms.